The molecule has 3 aliphatic heterocycles. The van der Waals surface area contributed by atoms with Gasteiger partial charge in [-0.25, -0.2) is 4.79 Å². The van der Waals surface area contributed by atoms with Gasteiger partial charge in [-0.3, -0.25) is 4.79 Å². The third kappa shape index (κ3) is 7.73. The number of ether oxygens (including phenoxy) is 6. The summed E-state index contributed by atoms with van der Waals surface area (Å²) >= 11 is 0. The van der Waals surface area contributed by atoms with Gasteiger partial charge >= 0.3 is 11.9 Å². The van der Waals surface area contributed by atoms with Crippen molar-refractivity contribution in [2.45, 2.75) is 198 Å². The Kier molecular flexibility index (Phi) is 13.6. The number of carbonyl (C=O) groups is 2. The Hall–Kier alpha value is -1.92. The number of hydrogen-bond acceptors (Lipinski definition) is 18. The standard InChI is InChI=1S/C47H74O19/c1-42(2)13-15-47(41(60)66-39-33(56)30(53)29(52)24(18-48)62-39)16-14-45(5)21(22(47)17-42)7-8-26-43(3)11-10-27(44(4,20-49)25(43)9-12-46(26,45)6)63-40-34(57)31(54)35(36(65-40)37(58)59)64-38-32(55)28(51)23(50)19-61-38/h7,22-36,38-40,48-57H,8-20H2,1-6H3,(H,58,59)/t22-,23+,24+,25+,26+,27-,28-,29+,30-,31+,32+,33+,34+,35-,36-,38-,39-,40+,43-,44-,45+,46+,47-/m0/s1. The van der Waals surface area contributed by atoms with Gasteiger partial charge in [0.05, 0.1) is 31.3 Å². The molecule has 8 rings (SSSR count). The van der Waals surface area contributed by atoms with Gasteiger partial charge in [0, 0.05) is 5.41 Å². The predicted molar refractivity (Wildman–Crippen MR) is 226 cm³/mol. The van der Waals surface area contributed by atoms with Crippen LogP contribution in [-0.2, 0) is 38.0 Å². The zero-order valence-corrected chi connectivity index (χ0v) is 38.8. The first kappa shape index (κ1) is 50.5. The van der Waals surface area contributed by atoms with Gasteiger partial charge in [-0.1, -0.05) is 53.2 Å². The van der Waals surface area contributed by atoms with E-state index in [1.54, 1.807) is 0 Å². The van der Waals surface area contributed by atoms with Crippen molar-refractivity contribution in [2.75, 3.05) is 19.8 Å². The summed E-state index contributed by atoms with van der Waals surface area (Å²) in [5, 5.41) is 116. The van der Waals surface area contributed by atoms with Crippen molar-refractivity contribution >= 4 is 11.9 Å². The maximum absolute atomic E-state index is 14.7. The van der Waals surface area contributed by atoms with Crippen LogP contribution in [0.25, 0.3) is 0 Å². The molecule has 0 radical (unpaired) electrons. The minimum atomic E-state index is -1.91. The lowest BCUT2D eigenvalue weighted by atomic mass is 9.33. The molecule has 0 aromatic rings. The molecule has 3 saturated heterocycles. The van der Waals surface area contributed by atoms with E-state index in [2.05, 4.69) is 40.7 Å². The number of aliphatic hydroxyl groups is 10. The Morgan fingerprint density at radius 2 is 1.38 bits per heavy atom. The number of carboxylic acids is 1. The van der Waals surface area contributed by atoms with E-state index in [9.17, 15) is 65.8 Å². The van der Waals surface area contributed by atoms with Crippen molar-refractivity contribution < 1.29 is 94.2 Å². The van der Waals surface area contributed by atoms with Gasteiger partial charge in [-0.2, -0.15) is 0 Å². The summed E-state index contributed by atoms with van der Waals surface area (Å²) in [6.45, 7) is 12.0. The lowest BCUT2D eigenvalue weighted by Crippen LogP contribution is -2.67. The van der Waals surface area contributed by atoms with Crippen molar-refractivity contribution in [2.24, 2.45) is 50.2 Å². The summed E-state index contributed by atoms with van der Waals surface area (Å²) in [4.78, 5) is 27.2. The Bertz CT molecular complexity index is 1850. The first-order valence-electron chi connectivity index (χ1n) is 23.9. The SMILES string of the molecule is CC1(C)CC[C@]2(C(=O)O[C@@H]3O[C@H](CO)[C@@H](O)[C@H](O)[C@H]3O)CC[C@]3(C)C(=CC[C@@H]4[C@@]5(C)CC[C@H](O[C@@H]6O[C@H](C(=O)O)[C@@H](O[C@@H]7OC[C@@H](O)[C@H](O)[C@H]7O)[C@H](O)[C@H]6O)[C@@](C)(CO)[C@@H]5CC[C@]43C)[C@@H]2C1. The van der Waals surface area contributed by atoms with Crippen molar-refractivity contribution in [3.8, 4) is 0 Å². The van der Waals surface area contributed by atoms with Crippen LogP contribution >= 0.6 is 0 Å². The number of carbonyl (C=O) groups excluding carboxylic acids is 1. The molecule has 19 nitrogen and oxygen atoms in total. The number of hydrogen-bond donors (Lipinski definition) is 11. The van der Waals surface area contributed by atoms with Crippen LogP contribution in [0.5, 0.6) is 0 Å². The number of carboxylic acid groups (broad SMARTS) is 1. The second-order valence-electron chi connectivity index (χ2n) is 22.9. The van der Waals surface area contributed by atoms with Crippen LogP contribution in [0.3, 0.4) is 0 Å². The first-order valence-corrected chi connectivity index (χ1v) is 23.9. The van der Waals surface area contributed by atoms with Gasteiger partial charge in [-0.05, 0) is 104 Å². The van der Waals surface area contributed by atoms with Crippen LogP contribution in [0.15, 0.2) is 11.6 Å². The molecule has 5 aliphatic carbocycles. The fraction of sp³-hybridized carbons (Fsp3) is 0.915. The van der Waals surface area contributed by atoms with E-state index >= 15 is 0 Å². The average Bonchev–Trinajstić information content (AvgIpc) is 3.27. The Morgan fingerprint density at radius 3 is 2.05 bits per heavy atom. The Morgan fingerprint density at radius 1 is 0.712 bits per heavy atom. The van der Waals surface area contributed by atoms with Crippen LogP contribution < -0.4 is 0 Å². The van der Waals surface area contributed by atoms with Gasteiger partial charge in [0.25, 0.3) is 0 Å². The van der Waals surface area contributed by atoms with E-state index in [0.29, 0.717) is 44.9 Å². The third-order valence-electron chi connectivity index (χ3n) is 19.0. The molecular formula is C47H74O19. The molecular weight excluding hydrogens is 868 g/mol. The van der Waals surface area contributed by atoms with E-state index in [-0.39, 0.29) is 46.0 Å². The van der Waals surface area contributed by atoms with Crippen molar-refractivity contribution in [1.29, 1.82) is 0 Å². The van der Waals surface area contributed by atoms with E-state index < -0.39 is 128 Å². The predicted octanol–water partition coefficient (Wildman–Crippen LogP) is -0.156. The minimum Gasteiger partial charge on any atom is -0.479 e. The summed E-state index contributed by atoms with van der Waals surface area (Å²) in [7, 11) is 0. The summed E-state index contributed by atoms with van der Waals surface area (Å²) in [5.41, 5.74) is -1.62. The highest BCUT2D eigenvalue weighted by Gasteiger charge is 2.70. The van der Waals surface area contributed by atoms with E-state index in [1.807, 2.05) is 6.92 Å². The number of aliphatic carboxylic acids is 1. The van der Waals surface area contributed by atoms with Crippen LogP contribution in [0.4, 0.5) is 0 Å². The molecule has 0 aromatic carbocycles. The highest BCUT2D eigenvalue weighted by atomic mass is 16.7. The molecule has 0 spiro atoms. The van der Waals surface area contributed by atoms with Crippen molar-refractivity contribution in [1.82, 2.24) is 0 Å². The number of rotatable bonds is 9. The van der Waals surface area contributed by atoms with Crippen LogP contribution in [0.1, 0.15) is 106 Å². The van der Waals surface area contributed by atoms with Gasteiger partial charge in [0.15, 0.2) is 18.7 Å². The number of esters is 1. The quantitative estimate of drug-likeness (QED) is 0.0813. The molecule has 19 heteroatoms. The summed E-state index contributed by atoms with van der Waals surface area (Å²) in [6.07, 6.45) is -15.2. The average molecular weight is 943 g/mol. The maximum Gasteiger partial charge on any atom is 0.335 e. The molecule has 376 valence electrons. The monoisotopic (exact) mass is 942 g/mol. The Balaban J connectivity index is 1.03. The minimum absolute atomic E-state index is 0.0934. The zero-order valence-electron chi connectivity index (χ0n) is 38.8. The van der Waals surface area contributed by atoms with E-state index in [0.717, 1.165) is 19.3 Å². The molecule has 7 fully saturated rings. The molecule has 11 N–H and O–H groups in total. The highest BCUT2D eigenvalue weighted by Crippen LogP contribution is 2.76. The second-order valence-corrected chi connectivity index (χ2v) is 22.9. The number of aliphatic hydroxyl groups excluding tert-OH is 10. The summed E-state index contributed by atoms with van der Waals surface area (Å²) in [5.74, 6) is -2.23. The second kappa shape index (κ2) is 17.7. The molecule has 0 amide bonds. The van der Waals surface area contributed by atoms with Gasteiger partial charge in [0.2, 0.25) is 6.29 Å². The molecule has 4 saturated carbocycles. The highest BCUT2D eigenvalue weighted by molar-refractivity contribution is 5.79. The summed E-state index contributed by atoms with van der Waals surface area (Å²) in [6, 6.07) is 0. The molecule has 0 unspecified atom stereocenters. The van der Waals surface area contributed by atoms with E-state index in [4.69, 9.17) is 28.4 Å². The number of allylic oxidation sites excluding steroid dienone is 2. The molecule has 0 aromatic heterocycles. The number of fused-ring (bicyclic) bond motifs is 7. The van der Waals surface area contributed by atoms with Crippen molar-refractivity contribution in [3.63, 3.8) is 0 Å². The van der Waals surface area contributed by atoms with Crippen LogP contribution in [0.2, 0.25) is 0 Å². The van der Waals surface area contributed by atoms with Gasteiger partial charge in [-0.15, -0.1) is 0 Å². The van der Waals surface area contributed by atoms with Crippen LogP contribution in [0, 0.1) is 50.2 Å². The van der Waals surface area contributed by atoms with Gasteiger partial charge < -0.3 is 84.6 Å². The van der Waals surface area contributed by atoms with E-state index in [1.165, 1.54) is 5.57 Å². The molecule has 3 heterocycles. The fourth-order valence-corrected chi connectivity index (χ4v) is 14.7. The Labute approximate surface area is 385 Å². The molecule has 0 bridgehead atoms. The topological polar surface area (TPSA) is 312 Å². The lowest BCUT2D eigenvalue weighted by molar-refractivity contribution is -0.356. The molecule has 23 atom stereocenters. The zero-order chi connectivity index (χ0) is 48.3. The van der Waals surface area contributed by atoms with Crippen LogP contribution in [-0.4, -0.2) is 180 Å². The van der Waals surface area contributed by atoms with Gasteiger partial charge in [0.1, 0.15) is 61.0 Å². The summed E-state index contributed by atoms with van der Waals surface area (Å²) < 4.78 is 34.8. The smallest absolute Gasteiger partial charge is 0.335 e. The first-order chi connectivity index (χ1) is 30.8. The van der Waals surface area contributed by atoms with Crippen molar-refractivity contribution in [3.05, 3.63) is 11.6 Å². The lowest BCUT2D eigenvalue weighted by Gasteiger charge is -2.71. The fourth-order valence-electron chi connectivity index (χ4n) is 14.7. The normalized spacial score (nSPS) is 53.5. The molecule has 66 heavy (non-hydrogen) atoms. The largest absolute Gasteiger partial charge is 0.479 e. The maximum atomic E-state index is 14.7. The molecule has 8 aliphatic rings. The third-order valence-corrected chi connectivity index (χ3v) is 19.0.